The highest BCUT2D eigenvalue weighted by Gasteiger charge is 2.16. The molecule has 0 atom stereocenters. The Labute approximate surface area is 178 Å². The molecule has 1 amide bonds. The fourth-order valence-electron chi connectivity index (χ4n) is 3.24. The van der Waals surface area contributed by atoms with Gasteiger partial charge < -0.3 is 10.1 Å². The fraction of sp³-hybridized carbons (Fsp3) is 0.409. The van der Waals surface area contributed by atoms with Crippen molar-refractivity contribution in [2.45, 2.75) is 20.0 Å². The quantitative estimate of drug-likeness (QED) is 0.694. The van der Waals surface area contributed by atoms with E-state index in [4.69, 9.17) is 4.74 Å². The van der Waals surface area contributed by atoms with Gasteiger partial charge >= 0.3 is 0 Å². The van der Waals surface area contributed by atoms with E-state index in [0.29, 0.717) is 17.8 Å². The number of morpholine rings is 1. The van der Waals surface area contributed by atoms with E-state index < -0.39 is 10.0 Å². The van der Waals surface area contributed by atoms with E-state index in [1.54, 1.807) is 31.2 Å². The van der Waals surface area contributed by atoms with Crippen LogP contribution in [-0.2, 0) is 27.8 Å². The van der Waals surface area contributed by atoms with Crippen molar-refractivity contribution in [3.8, 4) is 0 Å². The Morgan fingerprint density at radius 1 is 1.03 bits per heavy atom. The van der Waals surface area contributed by atoms with Crippen LogP contribution in [0.3, 0.4) is 0 Å². The van der Waals surface area contributed by atoms with Crippen LogP contribution in [0.15, 0.2) is 48.5 Å². The molecule has 1 heterocycles. The summed E-state index contributed by atoms with van der Waals surface area (Å²) in [6.45, 7) is 6.43. The van der Waals surface area contributed by atoms with Crippen LogP contribution in [0.2, 0.25) is 0 Å². The molecule has 1 aliphatic heterocycles. The lowest BCUT2D eigenvalue weighted by Gasteiger charge is -2.26. The number of amides is 1. The van der Waals surface area contributed by atoms with Crippen molar-refractivity contribution in [2.75, 3.05) is 43.4 Å². The minimum atomic E-state index is -3.32. The van der Waals surface area contributed by atoms with Gasteiger partial charge in [-0.3, -0.25) is 14.0 Å². The van der Waals surface area contributed by atoms with Gasteiger partial charge in [0.15, 0.2) is 0 Å². The maximum absolute atomic E-state index is 12.4. The molecule has 2 aromatic rings. The number of nitrogens with zero attached hydrogens (tertiary/aromatic N) is 2. The largest absolute Gasteiger partial charge is 0.379 e. The monoisotopic (exact) mass is 431 g/mol. The highest BCUT2D eigenvalue weighted by atomic mass is 32.2. The number of rotatable bonds is 8. The lowest BCUT2D eigenvalue weighted by Crippen LogP contribution is -2.35. The summed E-state index contributed by atoms with van der Waals surface area (Å²) in [5, 5.41) is 2.91. The summed E-state index contributed by atoms with van der Waals surface area (Å²) in [7, 11) is -1.81. The van der Waals surface area contributed by atoms with Crippen LogP contribution < -0.4 is 9.62 Å². The van der Waals surface area contributed by atoms with Crippen LogP contribution >= 0.6 is 0 Å². The lowest BCUT2D eigenvalue weighted by molar-refractivity contribution is 0.0342. The molecule has 162 valence electrons. The third-order valence-corrected chi connectivity index (χ3v) is 7.04. The molecule has 2 aromatic carbocycles. The number of anilines is 1. The zero-order valence-corrected chi connectivity index (χ0v) is 18.3. The third kappa shape index (κ3) is 5.81. The van der Waals surface area contributed by atoms with Crippen molar-refractivity contribution in [1.29, 1.82) is 0 Å². The molecule has 1 saturated heterocycles. The van der Waals surface area contributed by atoms with E-state index in [1.807, 2.05) is 12.1 Å². The highest BCUT2D eigenvalue weighted by molar-refractivity contribution is 7.92. The van der Waals surface area contributed by atoms with E-state index in [1.165, 1.54) is 16.9 Å². The number of hydrogen-bond acceptors (Lipinski definition) is 5. The molecule has 1 aliphatic rings. The van der Waals surface area contributed by atoms with Gasteiger partial charge in [-0.2, -0.15) is 0 Å². The first-order valence-electron chi connectivity index (χ1n) is 10.1. The van der Waals surface area contributed by atoms with Crippen molar-refractivity contribution in [1.82, 2.24) is 10.2 Å². The van der Waals surface area contributed by atoms with Gasteiger partial charge in [-0.25, -0.2) is 8.42 Å². The van der Waals surface area contributed by atoms with Gasteiger partial charge in [0.1, 0.15) is 0 Å². The average molecular weight is 432 g/mol. The Bertz CT molecular complexity index is 937. The first kappa shape index (κ1) is 22.3. The zero-order chi connectivity index (χ0) is 21.6. The average Bonchev–Trinajstić information content (AvgIpc) is 2.78. The van der Waals surface area contributed by atoms with Crippen molar-refractivity contribution in [2.24, 2.45) is 0 Å². The van der Waals surface area contributed by atoms with Gasteiger partial charge in [-0.05, 0) is 42.3 Å². The molecule has 30 heavy (non-hydrogen) atoms. The van der Waals surface area contributed by atoms with Gasteiger partial charge in [0.25, 0.3) is 5.91 Å². The van der Waals surface area contributed by atoms with Gasteiger partial charge in [0, 0.05) is 38.8 Å². The molecule has 0 bridgehead atoms. The Morgan fingerprint density at radius 3 is 2.23 bits per heavy atom. The molecule has 0 spiro atoms. The smallest absolute Gasteiger partial charge is 0.251 e. The SMILES string of the molecule is CCS(=O)(=O)N(C)c1ccc(C(=O)NCc2ccc(CN3CCOCC3)cc2)cc1. The zero-order valence-electron chi connectivity index (χ0n) is 17.5. The van der Waals surface area contributed by atoms with Crippen LogP contribution in [0.4, 0.5) is 5.69 Å². The number of ether oxygens (including phenoxy) is 1. The Balaban J connectivity index is 1.52. The maximum Gasteiger partial charge on any atom is 0.251 e. The summed E-state index contributed by atoms with van der Waals surface area (Å²) in [6, 6.07) is 14.8. The second-order valence-electron chi connectivity index (χ2n) is 7.30. The number of sulfonamides is 1. The summed E-state index contributed by atoms with van der Waals surface area (Å²) in [4.78, 5) is 14.8. The Kier molecular flexibility index (Phi) is 7.47. The summed E-state index contributed by atoms with van der Waals surface area (Å²) in [5.41, 5.74) is 3.29. The van der Waals surface area contributed by atoms with Gasteiger partial charge in [0.05, 0.1) is 24.7 Å². The second-order valence-corrected chi connectivity index (χ2v) is 9.59. The standard InChI is InChI=1S/C22H29N3O4S/c1-3-30(27,28)24(2)21-10-8-20(9-11-21)22(26)23-16-18-4-6-19(7-5-18)17-25-12-14-29-15-13-25/h4-11H,3,12-17H2,1-2H3,(H,23,26). The highest BCUT2D eigenvalue weighted by Crippen LogP contribution is 2.17. The van der Waals surface area contributed by atoms with Gasteiger partial charge in [-0.15, -0.1) is 0 Å². The predicted octanol–water partition coefficient (Wildman–Crippen LogP) is 2.23. The van der Waals surface area contributed by atoms with E-state index in [0.717, 1.165) is 38.4 Å². The fourth-order valence-corrected chi connectivity index (χ4v) is 4.07. The van der Waals surface area contributed by atoms with Gasteiger partial charge in [0.2, 0.25) is 10.0 Å². The lowest BCUT2D eigenvalue weighted by atomic mass is 10.1. The number of hydrogen-bond donors (Lipinski definition) is 1. The van der Waals surface area contributed by atoms with Crippen LogP contribution in [0.5, 0.6) is 0 Å². The van der Waals surface area contributed by atoms with Crippen LogP contribution in [0, 0.1) is 0 Å². The number of carbonyl (C=O) groups excluding carboxylic acids is 1. The Morgan fingerprint density at radius 2 is 1.63 bits per heavy atom. The molecular formula is C22H29N3O4S. The first-order valence-corrected chi connectivity index (χ1v) is 11.7. The second kappa shape index (κ2) is 10.1. The molecule has 0 saturated carbocycles. The van der Waals surface area contributed by atoms with Crippen molar-refractivity contribution < 1.29 is 17.9 Å². The van der Waals surface area contributed by atoms with Crippen molar-refractivity contribution >= 4 is 21.6 Å². The topological polar surface area (TPSA) is 79.0 Å². The number of nitrogens with one attached hydrogen (secondary N) is 1. The minimum absolute atomic E-state index is 0.0248. The molecule has 1 fully saturated rings. The molecule has 0 aliphatic carbocycles. The minimum Gasteiger partial charge on any atom is -0.379 e. The summed E-state index contributed by atoms with van der Waals surface area (Å²) in [5.74, 6) is -0.170. The van der Waals surface area contributed by atoms with E-state index >= 15 is 0 Å². The first-order chi connectivity index (χ1) is 14.4. The Hall–Kier alpha value is -2.42. The summed E-state index contributed by atoms with van der Waals surface area (Å²) in [6.07, 6.45) is 0. The summed E-state index contributed by atoms with van der Waals surface area (Å²) < 4.78 is 30.5. The summed E-state index contributed by atoms with van der Waals surface area (Å²) >= 11 is 0. The van der Waals surface area contributed by atoms with E-state index in [2.05, 4.69) is 22.3 Å². The molecule has 8 heteroatoms. The van der Waals surface area contributed by atoms with Gasteiger partial charge in [-0.1, -0.05) is 24.3 Å². The van der Waals surface area contributed by atoms with Crippen LogP contribution in [-0.4, -0.2) is 58.3 Å². The van der Waals surface area contributed by atoms with Crippen LogP contribution in [0.1, 0.15) is 28.4 Å². The number of benzene rings is 2. The molecule has 0 aromatic heterocycles. The normalized spacial score (nSPS) is 15.0. The molecule has 7 nitrogen and oxygen atoms in total. The van der Waals surface area contributed by atoms with Crippen molar-refractivity contribution in [3.63, 3.8) is 0 Å². The van der Waals surface area contributed by atoms with Crippen molar-refractivity contribution in [3.05, 3.63) is 65.2 Å². The maximum atomic E-state index is 12.4. The van der Waals surface area contributed by atoms with E-state index in [-0.39, 0.29) is 11.7 Å². The molecule has 1 N–H and O–H groups in total. The molecule has 3 rings (SSSR count). The third-order valence-electron chi connectivity index (χ3n) is 5.26. The number of carbonyl (C=O) groups is 1. The molecule has 0 unspecified atom stereocenters. The van der Waals surface area contributed by atoms with Crippen LogP contribution in [0.25, 0.3) is 0 Å². The molecular weight excluding hydrogens is 402 g/mol. The predicted molar refractivity (Wildman–Crippen MR) is 118 cm³/mol. The molecule has 0 radical (unpaired) electrons. The van der Waals surface area contributed by atoms with E-state index in [9.17, 15) is 13.2 Å².